The number of hydrogen-bond acceptors (Lipinski definition) is 2. The van der Waals surface area contributed by atoms with E-state index in [4.69, 9.17) is 0 Å². The van der Waals surface area contributed by atoms with Gasteiger partial charge in [0.05, 0.1) is 0 Å². The van der Waals surface area contributed by atoms with Crippen LogP contribution in [0.25, 0.3) is 0 Å². The zero-order valence-corrected chi connectivity index (χ0v) is 8.80. The minimum Gasteiger partial charge on any atom is -0.326 e. The van der Waals surface area contributed by atoms with Gasteiger partial charge in [-0.15, -0.1) is 0 Å². The van der Waals surface area contributed by atoms with Gasteiger partial charge in [-0.2, -0.15) is 13.2 Å². The third-order valence-corrected chi connectivity index (χ3v) is 2.29. The van der Waals surface area contributed by atoms with Gasteiger partial charge >= 0.3 is 12.2 Å². The fourth-order valence-corrected chi connectivity index (χ4v) is 1.51. The molecule has 7 heteroatoms. The molecule has 0 saturated carbocycles. The lowest BCUT2D eigenvalue weighted by Crippen LogP contribution is -2.39. The Morgan fingerprint density at radius 3 is 2.50 bits per heavy atom. The number of unbranched alkanes of at least 4 members (excludes halogenated alkanes) is 1. The summed E-state index contributed by atoms with van der Waals surface area (Å²) in [5.74, 6) is -0.782. The third-order valence-electron chi connectivity index (χ3n) is 2.29. The fourth-order valence-electron chi connectivity index (χ4n) is 1.51. The van der Waals surface area contributed by atoms with E-state index < -0.39 is 30.7 Å². The number of rotatable bonds is 4. The van der Waals surface area contributed by atoms with Crippen molar-refractivity contribution >= 4 is 11.9 Å². The molecule has 1 N–H and O–H groups in total. The van der Waals surface area contributed by atoms with E-state index in [1.54, 1.807) is 0 Å². The molecular weight excluding hydrogens is 225 g/mol. The molecule has 1 aliphatic heterocycles. The zero-order valence-electron chi connectivity index (χ0n) is 8.80. The Bertz CT molecular complexity index is 291. The molecule has 1 heterocycles. The summed E-state index contributed by atoms with van der Waals surface area (Å²) in [6, 6.07) is -1.75. The van der Waals surface area contributed by atoms with Gasteiger partial charge in [-0.3, -0.25) is 9.69 Å². The van der Waals surface area contributed by atoms with E-state index in [0.29, 0.717) is 12.8 Å². The molecule has 1 atom stereocenters. The molecule has 1 aliphatic rings. The van der Waals surface area contributed by atoms with Crippen molar-refractivity contribution in [1.82, 2.24) is 10.2 Å². The van der Waals surface area contributed by atoms with Crippen molar-refractivity contribution < 1.29 is 22.8 Å². The lowest BCUT2D eigenvalue weighted by Gasteiger charge is -2.14. The predicted molar refractivity (Wildman–Crippen MR) is 49.6 cm³/mol. The highest BCUT2D eigenvalue weighted by Gasteiger charge is 2.43. The third kappa shape index (κ3) is 3.11. The molecule has 0 radical (unpaired) electrons. The second kappa shape index (κ2) is 4.71. The maximum absolute atomic E-state index is 12.1. The normalized spacial score (nSPS) is 21.5. The molecule has 0 spiro atoms. The smallest absolute Gasteiger partial charge is 0.326 e. The van der Waals surface area contributed by atoms with Crippen LogP contribution in [0, 0.1) is 0 Å². The van der Waals surface area contributed by atoms with Gasteiger partial charge in [0.2, 0.25) is 0 Å². The fraction of sp³-hybridized carbons (Fsp3) is 0.778. The Kier molecular flexibility index (Phi) is 3.77. The summed E-state index contributed by atoms with van der Waals surface area (Å²) in [6.07, 6.45) is -2.66. The standard InChI is InChI=1S/C9H13F3N2O2/c1-2-3-4-6-7(15)14(8(16)13-6)5-9(10,11)12/h6H,2-5H2,1H3,(H,13,16). The van der Waals surface area contributed by atoms with Crippen molar-refractivity contribution in [2.75, 3.05) is 6.54 Å². The Labute approximate surface area is 90.8 Å². The highest BCUT2D eigenvalue weighted by atomic mass is 19.4. The van der Waals surface area contributed by atoms with E-state index in [1.807, 2.05) is 6.92 Å². The number of carbonyl (C=O) groups excluding carboxylic acids is 2. The minimum atomic E-state index is -4.55. The summed E-state index contributed by atoms with van der Waals surface area (Å²) in [7, 11) is 0. The highest BCUT2D eigenvalue weighted by molar-refractivity contribution is 6.04. The van der Waals surface area contributed by atoms with Crippen LogP contribution in [-0.2, 0) is 4.79 Å². The number of carbonyl (C=O) groups is 2. The van der Waals surface area contributed by atoms with E-state index >= 15 is 0 Å². The summed E-state index contributed by atoms with van der Waals surface area (Å²) < 4.78 is 36.2. The number of nitrogens with one attached hydrogen (secondary N) is 1. The van der Waals surface area contributed by atoms with Gasteiger partial charge < -0.3 is 5.32 Å². The predicted octanol–water partition coefficient (Wildman–Crippen LogP) is 1.66. The van der Waals surface area contributed by atoms with Crippen LogP contribution in [0.4, 0.5) is 18.0 Å². The number of imide groups is 1. The summed E-state index contributed by atoms with van der Waals surface area (Å²) in [6.45, 7) is 0.384. The van der Waals surface area contributed by atoms with Crippen LogP contribution in [0.5, 0.6) is 0 Å². The molecule has 3 amide bonds. The van der Waals surface area contributed by atoms with Gasteiger partial charge in [0, 0.05) is 0 Å². The van der Waals surface area contributed by atoms with Crippen molar-refractivity contribution in [3.8, 4) is 0 Å². The summed E-state index contributed by atoms with van der Waals surface area (Å²) in [5.41, 5.74) is 0. The molecule has 1 fully saturated rings. The first-order valence-corrected chi connectivity index (χ1v) is 5.03. The van der Waals surface area contributed by atoms with Crippen LogP contribution in [0.15, 0.2) is 0 Å². The number of halogens is 3. The lowest BCUT2D eigenvalue weighted by molar-refractivity contribution is -0.153. The topological polar surface area (TPSA) is 49.4 Å². The molecule has 16 heavy (non-hydrogen) atoms. The SMILES string of the molecule is CCCCC1NC(=O)N(CC(F)(F)F)C1=O. The maximum Gasteiger partial charge on any atom is 0.406 e. The molecule has 0 aromatic heterocycles. The van der Waals surface area contributed by atoms with E-state index in [9.17, 15) is 22.8 Å². The van der Waals surface area contributed by atoms with Crippen molar-refractivity contribution in [2.24, 2.45) is 0 Å². The first-order chi connectivity index (χ1) is 7.35. The largest absolute Gasteiger partial charge is 0.406 e. The van der Waals surface area contributed by atoms with Crippen molar-refractivity contribution in [2.45, 2.75) is 38.4 Å². The van der Waals surface area contributed by atoms with Crippen molar-refractivity contribution in [3.63, 3.8) is 0 Å². The Morgan fingerprint density at radius 1 is 1.38 bits per heavy atom. The first kappa shape index (κ1) is 12.8. The molecule has 92 valence electrons. The Hall–Kier alpha value is -1.27. The summed E-state index contributed by atoms with van der Waals surface area (Å²) in [4.78, 5) is 22.8. The molecule has 1 unspecified atom stereocenters. The monoisotopic (exact) mass is 238 g/mol. The van der Waals surface area contributed by atoms with Crippen molar-refractivity contribution in [1.29, 1.82) is 0 Å². The van der Waals surface area contributed by atoms with E-state index in [1.165, 1.54) is 0 Å². The second-order valence-electron chi connectivity index (χ2n) is 3.68. The maximum atomic E-state index is 12.1. The molecule has 0 aromatic carbocycles. The van der Waals surface area contributed by atoms with Crippen LogP contribution in [0.3, 0.4) is 0 Å². The van der Waals surface area contributed by atoms with E-state index in [2.05, 4.69) is 5.32 Å². The van der Waals surface area contributed by atoms with Crippen molar-refractivity contribution in [3.05, 3.63) is 0 Å². The number of urea groups is 1. The molecule has 1 rings (SSSR count). The van der Waals surface area contributed by atoms with Gasteiger partial charge in [0.15, 0.2) is 0 Å². The molecular formula is C9H13F3N2O2. The van der Waals surface area contributed by atoms with Crippen LogP contribution in [-0.4, -0.2) is 35.6 Å². The number of nitrogens with zero attached hydrogens (tertiary/aromatic N) is 1. The number of amides is 3. The summed E-state index contributed by atoms with van der Waals surface area (Å²) >= 11 is 0. The molecule has 0 aromatic rings. The summed E-state index contributed by atoms with van der Waals surface area (Å²) in [5, 5.41) is 2.25. The van der Waals surface area contributed by atoms with Gasteiger partial charge in [-0.1, -0.05) is 19.8 Å². The highest BCUT2D eigenvalue weighted by Crippen LogP contribution is 2.20. The molecule has 1 saturated heterocycles. The van der Waals surface area contributed by atoms with Gasteiger partial charge in [-0.05, 0) is 6.42 Å². The van der Waals surface area contributed by atoms with E-state index in [0.717, 1.165) is 6.42 Å². The first-order valence-electron chi connectivity index (χ1n) is 5.03. The second-order valence-corrected chi connectivity index (χ2v) is 3.68. The van der Waals surface area contributed by atoms with E-state index in [-0.39, 0.29) is 4.90 Å². The zero-order chi connectivity index (χ0) is 12.3. The molecule has 0 aliphatic carbocycles. The Balaban J connectivity index is 2.61. The van der Waals surface area contributed by atoms with Crippen LogP contribution >= 0.6 is 0 Å². The van der Waals surface area contributed by atoms with Gasteiger partial charge in [0.1, 0.15) is 12.6 Å². The average molecular weight is 238 g/mol. The molecule has 4 nitrogen and oxygen atoms in total. The minimum absolute atomic E-state index is 0.223. The average Bonchev–Trinajstić information content (AvgIpc) is 2.40. The van der Waals surface area contributed by atoms with Gasteiger partial charge in [-0.25, -0.2) is 4.79 Å². The molecule has 0 bridgehead atoms. The van der Waals surface area contributed by atoms with Gasteiger partial charge in [0.25, 0.3) is 5.91 Å². The van der Waals surface area contributed by atoms with Crippen LogP contribution in [0.1, 0.15) is 26.2 Å². The lowest BCUT2D eigenvalue weighted by atomic mass is 10.1. The quantitative estimate of drug-likeness (QED) is 0.757. The Morgan fingerprint density at radius 2 is 2.00 bits per heavy atom. The number of hydrogen-bond donors (Lipinski definition) is 1. The van der Waals surface area contributed by atoms with Crippen LogP contribution < -0.4 is 5.32 Å². The van der Waals surface area contributed by atoms with Crippen LogP contribution in [0.2, 0.25) is 0 Å². The number of alkyl halides is 3.